The number of allylic oxidation sites excluding steroid dienone is 2. The van der Waals surface area contributed by atoms with E-state index in [4.69, 9.17) is 14.7 Å². The van der Waals surface area contributed by atoms with Gasteiger partial charge in [0.2, 0.25) is 5.96 Å². The second-order valence-corrected chi connectivity index (χ2v) is 7.58. The van der Waals surface area contributed by atoms with Gasteiger partial charge in [-0.3, -0.25) is 5.10 Å². The molecular weight excluding hydrogens is 376 g/mol. The molecule has 2 N–H and O–H groups in total. The van der Waals surface area contributed by atoms with E-state index in [1.165, 1.54) is 0 Å². The van der Waals surface area contributed by atoms with Crippen molar-refractivity contribution in [3.8, 4) is 0 Å². The van der Waals surface area contributed by atoms with Gasteiger partial charge in [-0.2, -0.15) is 10.1 Å². The number of guanidine groups is 1. The third-order valence-electron chi connectivity index (χ3n) is 5.14. The van der Waals surface area contributed by atoms with Crippen LogP contribution in [0.1, 0.15) is 24.6 Å². The van der Waals surface area contributed by atoms with Gasteiger partial charge in [0.25, 0.3) is 0 Å². The molecule has 0 bridgehead atoms. The summed E-state index contributed by atoms with van der Waals surface area (Å²) in [6.45, 7) is 7.28. The summed E-state index contributed by atoms with van der Waals surface area (Å²) >= 11 is 0. The van der Waals surface area contributed by atoms with Gasteiger partial charge in [0.05, 0.1) is 13.2 Å². The van der Waals surface area contributed by atoms with Crippen molar-refractivity contribution < 1.29 is 4.74 Å². The first-order valence-corrected chi connectivity index (χ1v) is 10.4. The normalized spacial score (nSPS) is 22.0. The zero-order valence-electron chi connectivity index (χ0n) is 17.5. The molecular formula is C23H28N6O. The summed E-state index contributed by atoms with van der Waals surface area (Å²) in [5.41, 5.74) is 3.11. The zero-order valence-corrected chi connectivity index (χ0v) is 17.5. The summed E-state index contributed by atoms with van der Waals surface area (Å²) in [5, 5.41) is 10.5. The van der Waals surface area contributed by atoms with E-state index in [0.29, 0.717) is 11.8 Å². The standard InChI is InChI=1S/C23H28N6O/c1-17-8-11-22(29-12-14-30-15-13-29)26-23(25-21-16-18(2)27-28-21)24-20(17)10-9-19-6-4-3-5-7-19/h3-7,9-11,16-17H,8,12-15H2,1-2H3,(H2,25,26,27,28)/b10-9+,22-11-,24-20?. The molecule has 4 rings (SSSR count). The SMILES string of the molecule is Cc1cc(NC2=N/C(N3CCOCC3)=C/CC(C)C(/C=C/c3ccccc3)=N2)n[nH]1. The Morgan fingerprint density at radius 1 is 1.13 bits per heavy atom. The van der Waals surface area contributed by atoms with E-state index in [-0.39, 0.29) is 5.92 Å². The lowest BCUT2D eigenvalue weighted by Crippen LogP contribution is -2.36. The number of rotatable bonds is 4. The maximum absolute atomic E-state index is 5.50. The van der Waals surface area contributed by atoms with E-state index >= 15 is 0 Å². The first kappa shape index (κ1) is 20.1. The fourth-order valence-electron chi connectivity index (χ4n) is 3.41. The second kappa shape index (κ2) is 9.54. The maximum atomic E-state index is 5.50. The highest BCUT2D eigenvalue weighted by molar-refractivity contribution is 6.09. The van der Waals surface area contributed by atoms with Gasteiger partial charge in [0, 0.05) is 36.5 Å². The fraction of sp³-hybridized carbons (Fsp3) is 0.348. The predicted molar refractivity (Wildman–Crippen MR) is 122 cm³/mol. The Morgan fingerprint density at radius 2 is 1.93 bits per heavy atom. The van der Waals surface area contributed by atoms with Gasteiger partial charge < -0.3 is 15.0 Å². The number of aryl methyl sites for hydroxylation is 1. The molecule has 0 radical (unpaired) electrons. The highest BCUT2D eigenvalue weighted by Crippen LogP contribution is 2.19. The van der Waals surface area contributed by atoms with Crippen LogP contribution in [0.4, 0.5) is 5.82 Å². The molecule has 1 aromatic carbocycles. The molecule has 2 aliphatic rings. The van der Waals surface area contributed by atoms with Gasteiger partial charge >= 0.3 is 0 Å². The Balaban J connectivity index is 1.65. The number of morpholine rings is 1. The van der Waals surface area contributed by atoms with Crippen LogP contribution in [0.25, 0.3) is 6.08 Å². The number of hydrogen-bond acceptors (Lipinski definition) is 6. The van der Waals surface area contributed by atoms with Crippen molar-refractivity contribution in [2.24, 2.45) is 15.9 Å². The van der Waals surface area contributed by atoms with E-state index in [2.05, 4.69) is 57.7 Å². The topological polar surface area (TPSA) is 77.9 Å². The molecule has 1 aromatic heterocycles. The second-order valence-electron chi connectivity index (χ2n) is 7.58. The van der Waals surface area contributed by atoms with Crippen molar-refractivity contribution in [2.75, 3.05) is 31.6 Å². The van der Waals surface area contributed by atoms with E-state index in [1.54, 1.807) is 0 Å². The average Bonchev–Trinajstić information content (AvgIpc) is 3.18. The van der Waals surface area contributed by atoms with Crippen molar-refractivity contribution >= 4 is 23.6 Å². The maximum Gasteiger partial charge on any atom is 0.230 e. The van der Waals surface area contributed by atoms with Crippen LogP contribution in [-0.4, -0.2) is 53.1 Å². The predicted octanol–water partition coefficient (Wildman–Crippen LogP) is 3.85. The minimum atomic E-state index is 0.259. The monoisotopic (exact) mass is 404 g/mol. The van der Waals surface area contributed by atoms with Gasteiger partial charge in [0.15, 0.2) is 5.82 Å². The molecule has 2 aromatic rings. The molecule has 7 heteroatoms. The highest BCUT2D eigenvalue weighted by atomic mass is 16.5. The number of ether oxygens (including phenoxy) is 1. The van der Waals surface area contributed by atoms with Crippen molar-refractivity contribution in [2.45, 2.75) is 20.3 Å². The summed E-state index contributed by atoms with van der Waals surface area (Å²) in [6.07, 6.45) is 7.27. The molecule has 0 amide bonds. The highest BCUT2D eigenvalue weighted by Gasteiger charge is 2.18. The third kappa shape index (κ3) is 5.24. The number of benzene rings is 1. The molecule has 0 saturated carbocycles. The van der Waals surface area contributed by atoms with E-state index in [1.807, 2.05) is 31.2 Å². The van der Waals surface area contributed by atoms with Crippen molar-refractivity contribution in [3.63, 3.8) is 0 Å². The van der Waals surface area contributed by atoms with Crippen LogP contribution in [0.3, 0.4) is 0 Å². The first-order valence-electron chi connectivity index (χ1n) is 10.4. The molecule has 7 nitrogen and oxygen atoms in total. The van der Waals surface area contributed by atoms with Crippen LogP contribution in [-0.2, 0) is 4.74 Å². The number of aliphatic imine (C=N–C) groups is 2. The van der Waals surface area contributed by atoms with Crippen LogP contribution < -0.4 is 5.32 Å². The third-order valence-corrected chi connectivity index (χ3v) is 5.14. The summed E-state index contributed by atoms with van der Waals surface area (Å²) in [4.78, 5) is 12.0. The number of H-pyrrole nitrogens is 1. The Kier molecular flexibility index (Phi) is 6.39. The molecule has 1 saturated heterocycles. The molecule has 0 spiro atoms. The Bertz CT molecular complexity index is 967. The number of aromatic amines is 1. The molecule has 1 unspecified atom stereocenters. The van der Waals surface area contributed by atoms with Crippen molar-refractivity contribution in [1.29, 1.82) is 0 Å². The minimum absolute atomic E-state index is 0.259. The number of nitrogens with zero attached hydrogens (tertiary/aromatic N) is 4. The van der Waals surface area contributed by atoms with E-state index in [9.17, 15) is 0 Å². The van der Waals surface area contributed by atoms with Gasteiger partial charge in [-0.25, -0.2) is 4.99 Å². The molecule has 3 heterocycles. The van der Waals surface area contributed by atoms with Gasteiger partial charge in [-0.15, -0.1) is 0 Å². The summed E-state index contributed by atoms with van der Waals surface area (Å²) < 4.78 is 5.50. The quantitative estimate of drug-likeness (QED) is 0.811. The first-order chi connectivity index (χ1) is 14.7. The minimum Gasteiger partial charge on any atom is -0.378 e. The molecule has 30 heavy (non-hydrogen) atoms. The smallest absolute Gasteiger partial charge is 0.230 e. The summed E-state index contributed by atoms with van der Waals surface area (Å²) in [5.74, 6) is 2.44. The molecule has 0 aliphatic carbocycles. The Hall–Kier alpha value is -3.19. The van der Waals surface area contributed by atoms with Gasteiger partial charge in [-0.05, 0) is 31.1 Å². The zero-order chi connectivity index (χ0) is 20.8. The van der Waals surface area contributed by atoms with Crippen molar-refractivity contribution in [3.05, 3.63) is 65.6 Å². The lowest BCUT2D eigenvalue weighted by molar-refractivity contribution is 0.0529. The van der Waals surface area contributed by atoms with Gasteiger partial charge in [0.1, 0.15) is 5.82 Å². The van der Waals surface area contributed by atoms with E-state index < -0.39 is 0 Å². The fourth-order valence-corrected chi connectivity index (χ4v) is 3.41. The Labute approximate surface area is 177 Å². The van der Waals surface area contributed by atoms with Crippen molar-refractivity contribution in [1.82, 2.24) is 15.1 Å². The van der Waals surface area contributed by atoms with E-state index in [0.717, 1.165) is 55.5 Å². The van der Waals surface area contributed by atoms with Gasteiger partial charge in [-0.1, -0.05) is 43.3 Å². The number of aromatic nitrogens is 2. The Morgan fingerprint density at radius 3 is 2.67 bits per heavy atom. The van der Waals surface area contributed by atoms with Crippen LogP contribution in [0, 0.1) is 12.8 Å². The summed E-state index contributed by atoms with van der Waals surface area (Å²) in [6, 6.07) is 12.2. The van der Waals surface area contributed by atoms with Crippen LogP contribution in [0.15, 0.2) is 64.4 Å². The molecule has 2 aliphatic heterocycles. The van der Waals surface area contributed by atoms with Crippen LogP contribution in [0.5, 0.6) is 0 Å². The lowest BCUT2D eigenvalue weighted by atomic mass is 9.99. The summed E-state index contributed by atoms with van der Waals surface area (Å²) in [7, 11) is 0. The number of nitrogens with one attached hydrogen (secondary N) is 2. The van der Waals surface area contributed by atoms with Crippen LogP contribution >= 0.6 is 0 Å². The number of hydrogen-bond donors (Lipinski definition) is 2. The molecule has 156 valence electrons. The van der Waals surface area contributed by atoms with Crippen LogP contribution in [0.2, 0.25) is 0 Å². The number of anilines is 1. The average molecular weight is 405 g/mol. The molecule has 1 fully saturated rings. The molecule has 1 atom stereocenters. The lowest BCUT2D eigenvalue weighted by Gasteiger charge is -2.30. The largest absolute Gasteiger partial charge is 0.378 e.